The molecule has 212 valence electrons. The number of aryl methyl sites for hydroxylation is 1. The van der Waals surface area contributed by atoms with Crippen LogP contribution in [-0.2, 0) is 17.8 Å². The molecular weight excluding hydrogens is 568 g/mol. The van der Waals surface area contributed by atoms with Crippen molar-refractivity contribution in [2.24, 2.45) is 11.3 Å². The predicted molar refractivity (Wildman–Crippen MR) is 159 cm³/mol. The molecule has 0 N–H and O–H groups in total. The zero-order valence-electron chi connectivity index (χ0n) is 23.9. The number of piperazine rings is 1. The molecule has 1 unspecified atom stereocenters. The quantitative estimate of drug-likeness (QED) is 0.388. The molecule has 5 rings (SSSR count). The van der Waals surface area contributed by atoms with E-state index in [2.05, 4.69) is 51.9 Å². The Morgan fingerprint density at radius 1 is 1.10 bits per heavy atom. The molecule has 2 aromatic carbocycles. The van der Waals surface area contributed by atoms with E-state index in [4.69, 9.17) is 0 Å². The summed E-state index contributed by atoms with van der Waals surface area (Å²) in [4.78, 5) is 32.6. The van der Waals surface area contributed by atoms with Gasteiger partial charge in [0.1, 0.15) is 6.54 Å². The summed E-state index contributed by atoms with van der Waals surface area (Å²) < 4.78 is 2.72. The van der Waals surface area contributed by atoms with Crippen LogP contribution in [0.1, 0.15) is 54.4 Å². The molecule has 0 aliphatic carbocycles. The van der Waals surface area contributed by atoms with Crippen molar-refractivity contribution in [1.82, 2.24) is 29.7 Å². The Balaban J connectivity index is 1.25. The molecule has 2 aliphatic rings. The number of hydrogen-bond acceptors (Lipinski definition) is 5. The van der Waals surface area contributed by atoms with Crippen LogP contribution in [0, 0.1) is 18.3 Å². The van der Waals surface area contributed by atoms with E-state index in [1.54, 1.807) is 9.58 Å². The van der Waals surface area contributed by atoms with Gasteiger partial charge in [-0.15, -0.1) is 5.10 Å². The van der Waals surface area contributed by atoms with Crippen LogP contribution in [-0.4, -0.2) is 80.8 Å². The standard InChI is InChI=1S/C31H39BrN6O2/c1-22-5-10-27(30(40)37-16-15-36(29(39)20-37)18-24-6-8-25(32)9-7-24)28(17-22)38-19-26(33-34-38)12-14-35-13-11-23(2)31(3,4)21-35/h5-10,17,19,23H,11-16,18,20-21H2,1-4H3. The molecule has 3 aromatic rings. The SMILES string of the molecule is Cc1ccc(C(=O)N2CCN(Cc3ccc(Br)cc3)C(=O)C2)c(-n2cc(CCN3CCC(C)C(C)(C)C3)nn2)c1. The Morgan fingerprint density at radius 3 is 2.60 bits per heavy atom. The summed E-state index contributed by atoms with van der Waals surface area (Å²) in [6.45, 7) is 13.8. The van der Waals surface area contributed by atoms with Crippen LogP contribution in [0.3, 0.4) is 0 Å². The summed E-state index contributed by atoms with van der Waals surface area (Å²) >= 11 is 3.45. The third-order valence-electron chi connectivity index (χ3n) is 8.59. The van der Waals surface area contributed by atoms with Crippen molar-refractivity contribution in [3.8, 4) is 5.69 Å². The van der Waals surface area contributed by atoms with Gasteiger partial charge in [-0.05, 0) is 66.6 Å². The Morgan fingerprint density at radius 2 is 1.88 bits per heavy atom. The lowest BCUT2D eigenvalue weighted by Crippen LogP contribution is -2.51. The summed E-state index contributed by atoms with van der Waals surface area (Å²) in [5, 5.41) is 8.83. The van der Waals surface area contributed by atoms with Gasteiger partial charge >= 0.3 is 0 Å². The average Bonchev–Trinajstić information content (AvgIpc) is 3.40. The third-order valence-corrected chi connectivity index (χ3v) is 9.12. The maximum Gasteiger partial charge on any atom is 0.256 e. The lowest BCUT2D eigenvalue weighted by molar-refractivity contribution is -0.135. The van der Waals surface area contributed by atoms with Gasteiger partial charge in [0.2, 0.25) is 5.91 Å². The number of piperidine rings is 1. The van der Waals surface area contributed by atoms with Gasteiger partial charge < -0.3 is 14.7 Å². The maximum atomic E-state index is 13.7. The highest BCUT2D eigenvalue weighted by Gasteiger charge is 2.33. The number of amides is 2. The minimum absolute atomic E-state index is 0.0468. The monoisotopic (exact) mass is 606 g/mol. The second-order valence-electron chi connectivity index (χ2n) is 12.0. The van der Waals surface area contributed by atoms with Gasteiger partial charge in [0.05, 0.1) is 23.1 Å². The second-order valence-corrected chi connectivity index (χ2v) is 13.0. The molecule has 0 saturated carbocycles. The van der Waals surface area contributed by atoms with Gasteiger partial charge in [-0.2, -0.15) is 0 Å². The summed E-state index contributed by atoms with van der Waals surface area (Å²) in [6, 6.07) is 13.7. The smallest absolute Gasteiger partial charge is 0.256 e. The minimum Gasteiger partial charge on any atom is -0.335 e. The summed E-state index contributed by atoms with van der Waals surface area (Å²) in [7, 11) is 0. The van der Waals surface area contributed by atoms with E-state index >= 15 is 0 Å². The Kier molecular flexibility index (Phi) is 8.42. The number of rotatable bonds is 7. The number of likely N-dealkylation sites (tertiary alicyclic amines) is 1. The number of hydrogen-bond donors (Lipinski definition) is 0. The molecule has 2 amide bonds. The third kappa shape index (κ3) is 6.47. The van der Waals surface area contributed by atoms with Gasteiger partial charge in [0, 0.05) is 43.6 Å². The molecule has 8 nitrogen and oxygen atoms in total. The van der Waals surface area contributed by atoms with Crippen LogP contribution in [0.25, 0.3) is 5.69 Å². The van der Waals surface area contributed by atoms with E-state index < -0.39 is 0 Å². The van der Waals surface area contributed by atoms with Crippen molar-refractivity contribution < 1.29 is 9.59 Å². The van der Waals surface area contributed by atoms with Crippen LogP contribution in [0.4, 0.5) is 0 Å². The summed E-state index contributed by atoms with van der Waals surface area (Å²) in [5.74, 6) is 0.523. The van der Waals surface area contributed by atoms with Crippen molar-refractivity contribution in [2.45, 2.75) is 47.1 Å². The predicted octanol–water partition coefficient (Wildman–Crippen LogP) is 4.73. The fourth-order valence-electron chi connectivity index (χ4n) is 5.61. The lowest BCUT2D eigenvalue weighted by atomic mass is 9.75. The van der Waals surface area contributed by atoms with Crippen LogP contribution >= 0.6 is 15.9 Å². The molecule has 0 radical (unpaired) electrons. The van der Waals surface area contributed by atoms with E-state index in [0.717, 1.165) is 53.3 Å². The number of halogens is 1. The Labute approximate surface area is 245 Å². The van der Waals surface area contributed by atoms with Crippen molar-refractivity contribution in [3.05, 3.63) is 75.5 Å². The Hall–Kier alpha value is -3.04. The first-order valence-corrected chi connectivity index (χ1v) is 14.9. The van der Waals surface area contributed by atoms with Crippen molar-refractivity contribution in [2.75, 3.05) is 39.3 Å². The number of benzene rings is 2. The van der Waals surface area contributed by atoms with Gasteiger partial charge in [0.25, 0.3) is 5.91 Å². The first-order valence-electron chi connectivity index (χ1n) is 14.2. The minimum atomic E-state index is -0.159. The summed E-state index contributed by atoms with van der Waals surface area (Å²) in [6.07, 6.45) is 3.97. The molecule has 2 aliphatic heterocycles. The zero-order valence-corrected chi connectivity index (χ0v) is 25.5. The van der Waals surface area contributed by atoms with Gasteiger partial charge in [0.15, 0.2) is 0 Å². The molecule has 0 bridgehead atoms. The molecule has 1 aromatic heterocycles. The first kappa shape index (κ1) is 28.5. The molecule has 3 heterocycles. The fraction of sp³-hybridized carbons (Fsp3) is 0.484. The highest BCUT2D eigenvalue weighted by atomic mass is 79.9. The lowest BCUT2D eigenvalue weighted by Gasteiger charge is -2.43. The van der Waals surface area contributed by atoms with E-state index in [1.165, 1.54) is 6.42 Å². The maximum absolute atomic E-state index is 13.7. The van der Waals surface area contributed by atoms with Crippen molar-refractivity contribution >= 4 is 27.7 Å². The molecule has 1 atom stereocenters. The highest BCUT2D eigenvalue weighted by molar-refractivity contribution is 9.10. The van der Waals surface area contributed by atoms with E-state index in [9.17, 15) is 9.59 Å². The molecule has 40 heavy (non-hydrogen) atoms. The fourth-order valence-corrected chi connectivity index (χ4v) is 5.88. The van der Waals surface area contributed by atoms with E-state index in [0.29, 0.717) is 36.3 Å². The van der Waals surface area contributed by atoms with Gasteiger partial charge in [-0.3, -0.25) is 9.59 Å². The number of aromatic nitrogens is 3. The normalized spacial score (nSPS) is 19.7. The van der Waals surface area contributed by atoms with Gasteiger partial charge in [-0.25, -0.2) is 4.68 Å². The van der Waals surface area contributed by atoms with Crippen LogP contribution in [0.15, 0.2) is 53.1 Å². The number of carbonyl (C=O) groups excluding carboxylic acids is 2. The Bertz CT molecular complexity index is 1370. The van der Waals surface area contributed by atoms with Crippen LogP contribution in [0.5, 0.6) is 0 Å². The second kappa shape index (κ2) is 11.8. The topological polar surface area (TPSA) is 74.6 Å². The number of carbonyl (C=O) groups is 2. The van der Waals surface area contributed by atoms with Crippen molar-refractivity contribution in [1.29, 1.82) is 0 Å². The number of nitrogens with zero attached hydrogens (tertiary/aromatic N) is 6. The molecule has 9 heteroatoms. The zero-order chi connectivity index (χ0) is 28.4. The summed E-state index contributed by atoms with van der Waals surface area (Å²) in [5.41, 5.74) is 4.55. The molecular formula is C31H39BrN6O2. The average molecular weight is 608 g/mol. The molecule has 2 fully saturated rings. The van der Waals surface area contributed by atoms with Crippen LogP contribution in [0.2, 0.25) is 0 Å². The molecule has 2 saturated heterocycles. The van der Waals surface area contributed by atoms with Crippen molar-refractivity contribution in [3.63, 3.8) is 0 Å². The van der Waals surface area contributed by atoms with E-state index in [1.807, 2.05) is 60.5 Å². The molecule has 0 spiro atoms. The van der Waals surface area contributed by atoms with E-state index in [-0.39, 0.29) is 18.4 Å². The largest absolute Gasteiger partial charge is 0.335 e. The first-order chi connectivity index (χ1) is 19.1. The van der Waals surface area contributed by atoms with Crippen LogP contribution < -0.4 is 0 Å². The van der Waals surface area contributed by atoms with Gasteiger partial charge in [-0.1, -0.05) is 60.1 Å². The highest BCUT2D eigenvalue weighted by Crippen LogP contribution is 2.34.